The van der Waals surface area contributed by atoms with E-state index >= 15 is 0 Å². The molecule has 158 valence electrons. The molecule has 1 amide bonds. The van der Waals surface area contributed by atoms with Crippen LogP contribution < -0.4 is 9.47 Å². The van der Waals surface area contributed by atoms with Gasteiger partial charge in [0.05, 0.1) is 5.92 Å². The molecule has 1 fully saturated rings. The first-order chi connectivity index (χ1) is 15.2. The Labute approximate surface area is 180 Å². The van der Waals surface area contributed by atoms with E-state index in [9.17, 15) is 9.59 Å². The third kappa shape index (κ3) is 3.93. The summed E-state index contributed by atoms with van der Waals surface area (Å²) < 4.78 is 16.2. The number of piperidine rings is 1. The van der Waals surface area contributed by atoms with Gasteiger partial charge in [-0.25, -0.2) is 0 Å². The van der Waals surface area contributed by atoms with Crippen LogP contribution in [0.3, 0.4) is 0 Å². The van der Waals surface area contributed by atoms with Crippen molar-refractivity contribution in [3.05, 3.63) is 71.8 Å². The van der Waals surface area contributed by atoms with Gasteiger partial charge in [0.2, 0.25) is 6.79 Å². The number of hydrogen-bond acceptors (Lipinski definition) is 5. The van der Waals surface area contributed by atoms with E-state index in [0.717, 1.165) is 16.3 Å². The molecule has 0 N–H and O–H groups in total. The lowest BCUT2D eigenvalue weighted by Crippen LogP contribution is -2.40. The predicted octanol–water partition coefficient (Wildman–Crippen LogP) is 4.16. The standard InChI is InChI=1S/C25H23NO5/c27-24(21-7-3-5-18-4-1-2-6-20(18)21)26-12-10-19(11-13-26)25(28)29-15-17-8-9-22-23(14-17)31-16-30-22/h1-9,14,19H,10-13,15-16H2. The molecule has 2 heterocycles. The number of rotatable bonds is 4. The van der Waals surface area contributed by atoms with Crippen LogP contribution in [0.15, 0.2) is 60.7 Å². The number of ether oxygens (including phenoxy) is 3. The Hall–Kier alpha value is -3.54. The molecular formula is C25H23NO5. The Bertz CT molecular complexity index is 1130. The van der Waals surface area contributed by atoms with Crippen LogP contribution >= 0.6 is 0 Å². The third-order valence-corrected chi connectivity index (χ3v) is 5.95. The minimum absolute atomic E-state index is 0.0176. The average molecular weight is 417 g/mol. The number of carbonyl (C=O) groups is 2. The van der Waals surface area contributed by atoms with Gasteiger partial charge in [-0.3, -0.25) is 9.59 Å². The topological polar surface area (TPSA) is 65.1 Å². The lowest BCUT2D eigenvalue weighted by Gasteiger charge is -2.31. The number of nitrogens with zero attached hydrogens (tertiary/aromatic N) is 1. The maximum Gasteiger partial charge on any atom is 0.309 e. The van der Waals surface area contributed by atoms with Gasteiger partial charge in [-0.1, -0.05) is 42.5 Å². The molecule has 31 heavy (non-hydrogen) atoms. The molecule has 0 bridgehead atoms. The molecule has 2 aliphatic rings. The molecule has 6 heteroatoms. The van der Waals surface area contributed by atoms with Gasteiger partial charge >= 0.3 is 5.97 Å². The van der Waals surface area contributed by atoms with Crippen molar-refractivity contribution in [3.63, 3.8) is 0 Å². The molecule has 3 aromatic rings. The monoisotopic (exact) mass is 417 g/mol. The summed E-state index contributed by atoms with van der Waals surface area (Å²) >= 11 is 0. The van der Waals surface area contributed by atoms with Gasteiger partial charge in [-0.05, 0) is 47.4 Å². The summed E-state index contributed by atoms with van der Waals surface area (Å²) in [7, 11) is 0. The summed E-state index contributed by atoms with van der Waals surface area (Å²) in [6, 6.07) is 19.2. The van der Waals surface area contributed by atoms with E-state index in [1.54, 1.807) is 0 Å². The van der Waals surface area contributed by atoms with Crippen molar-refractivity contribution in [3.8, 4) is 11.5 Å². The minimum Gasteiger partial charge on any atom is -0.461 e. The maximum absolute atomic E-state index is 13.1. The van der Waals surface area contributed by atoms with Crippen LogP contribution in [-0.2, 0) is 16.1 Å². The lowest BCUT2D eigenvalue weighted by atomic mass is 9.95. The second-order valence-electron chi connectivity index (χ2n) is 7.89. The summed E-state index contributed by atoms with van der Waals surface area (Å²) in [4.78, 5) is 27.5. The van der Waals surface area contributed by atoms with Crippen molar-refractivity contribution in [1.29, 1.82) is 0 Å². The van der Waals surface area contributed by atoms with Crippen LogP contribution in [0.1, 0.15) is 28.8 Å². The van der Waals surface area contributed by atoms with Gasteiger partial charge in [0.25, 0.3) is 5.91 Å². The summed E-state index contributed by atoms with van der Waals surface area (Å²) in [5.74, 6) is 0.997. The molecule has 0 aromatic heterocycles. The molecule has 0 unspecified atom stereocenters. The van der Waals surface area contributed by atoms with Crippen molar-refractivity contribution in [2.24, 2.45) is 5.92 Å². The van der Waals surface area contributed by atoms with E-state index in [1.165, 1.54) is 0 Å². The Balaban J connectivity index is 1.17. The molecular weight excluding hydrogens is 394 g/mol. The summed E-state index contributed by atoms with van der Waals surface area (Å²) in [5, 5.41) is 2.01. The fourth-order valence-corrected chi connectivity index (χ4v) is 4.20. The predicted molar refractivity (Wildman–Crippen MR) is 115 cm³/mol. The number of benzene rings is 3. The van der Waals surface area contributed by atoms with E-state index in [0.29, 0.717) is 43.0 Å². The fourth-order valence-electron chi connectivity index (χ4n) is 4.20. The molecule has 0 atom stereocenters. The van der Waals surface area contributed by atoms with Crippen LogP contribution in [-0.4, -0.2) is 36.7 Å². The Kier molecular flexibility index (Phi) is 5.20. The van der Waals surface area contributed by atoms with Gasteiger partial charge in [-0.2, -0.15) is 0 Å². The van der Waals surface area contributed by atoms with Crippen molar-refractivity contribution in [2.75, 3.05) is 19.9 Å². The molecule has 1 saturated heterocycles. The van der Waals surface area contributed by atoms with Gasteiger partial charge in [0.15, 0.2) is 11.5 Å². The second-order valence-corrected chi connectivity index (χ2v) is 7.89. The Morgan fingerprint density at radius 2 is 1.71 bits per heavy atom. The van der Waals surface area contributed by atoms with Crippen molar-refractivity contribution in [1.82, 2.24) is 4.90 Å². The average Bonchev–Trinajstić information content (AvgIpc) is 3.30. The lowest BCUT2D eigenvalue weighted by molar-refractivity contribution is -0.151. The number of hydrogen-bond donors (Lipinski definition) is 0. The quantitative estimate of drug-likeness (QED) is 0.597. The summed E-state index contributed by atoms with van der Waals surface area (Å²) in [6.45, 7) is 1.51. The van der Waals surface area contributed by atoms with Crippen LogP contribution in [0, 0.1) is 5.92 Å². The Morgan fingerprint density at radius 1 is 0.935 bits per heavy atom. The number of fused-ring (bicyclic) bond motifs is 2. The van der Waals surface area contributed by atoms with Crippen molar-refractivity contribution < 1.29 is 23.8 Å². The van der Waals surface area contributed by atoms with E-state index in [1.807, 2.05) is 65.6 Å². The molecule has 6 nitrogen and oxygen atoms in total. The highest BCUT2D eigenvalue weighted by molar-refractivity contribution is 6.07. The molecule has 0 spiro atoms. The second kappa shape index (κ2) is 8.30. The number of carbonyl (C=O) groups excluding carboxylic acids is 2. The number of likely N-dealkylation sites (tertiary alicyclic amines) is 1. The maximum atomic E-state index is 13.1. The molecule has 0 aliphatic carbocycles. The van der Waals surface area contributed by atoms with Crippen LogP contribution in [0.25, 0.3) is 10.8 Å². The zero-order valence-electron chi connectivity index (χ0n) is 17.1. The van der Waals surface area contributed by atoms with Crippen LogP contribution in [0.2, 0.25) is 0 Å². The first-order valence-corrected chi connectivity index (χ1v) is 10.5. The molecule has 0 radical (unpaired) electrons. The Morgan fingerprint density at radius 3 is 2.58 bits per heavy atom. The highest BCUT2D eigenvalue weighted by Crippen LogP contribution is 2.33. The zero-order chi connectivity index (χ0) is 21.2. The van der Waals surface area contributed by atoms with Gasteiger partial charge in [-0.15, -0.1) is 0 Å². The van der Waals surface area contributed by atoms with Crippen LogP contribution in [0.5, 0.6) is 11.5 Å². The number of amides is 1. The normalized spacial score (nSPS) is 15.8. The van der Waals surface area contributed by atoms with Crippen molar-refractivity contribution in [2.45, 2.75) is 19.4 Å². The summed E-state index contributed by atoms with van der Waals surface area (Å²) in [6.07, 6.45) is 1.22. The van der Waals surface area contributed by atoms with Crippen molar-refractivity contribution >= 4 is 22.6 Å². The zero-order valence-corrected chi connectivity index (χ0v) is 17.1. The first kappa shape index (κ1) is 19.4. The number of esters is 1. The van der Waals surface area contributed by atoms with Gasteiger partial charge < -0.3 is 19.1 Å². The van der Waals surface area contributed by atoms with E-state index < -0.39 is 0 Å². The first-order valence-electron chi connectivity index (χ1n) is 10.5. The molecule has 5 rings (SSSR count). The molecule has 2 aliphatic heterocycles. The highest BCUT2D eigenvalue weighted by atomic mass is 16.7. The van der Waals surface area contributed by atoms with E-state index in [-0.39, 0.29) is 31.2 Å². The minimum atomic E-state index is -0.213. The third-order valence-electron chi connectivity index (χ3n) is 5.95. The highest BCUT2D eigenvalue weighted by Gasteiger charge is 2.29. The van der Waals surface area contributed by atoms with Gasteiger partial charge in [0.1, 0.15) is 6.61 Å². The SMILES string of the molecule is O=C(OCc1ccc2c(c1)OCO2)C1CCN(C(=O)c2cccc3ccccc23)CC1. The molecule has 3 aromatic carbocycles. The summed E-state index contributed by atoms with van der Waals surface area (Å²) in [5.41, 5.74) is 1.57. The molecule has 0 saturated carbocycles. The van der Waals surface area contributed by atoms with Gasteiger partial charge in [0, 0.05) is 18.7 Å². The van der Waals surface area contributed by atoms with Crippen LogP contribution in [0.4, 0.5) is 0 Å². The van der Waals surface area contributed by atoms with E-state index in [2.05, 4.69) is 0 Å². The van der Waals surface area contributed by atoms with E-state index in [4.69, 9.17) is 14.2 Å². The largest absolute Gasteiger partial charge is 0.461 e. The fraction of sp³-hybridized carbons (Fsp3) is 0.280. The smallest absolute Gasteiger partial charge is 0.309 e.